The first kappa shape index (κ1) is 17.2. The van der Waals surface area contributed by atoms with Crippen molar-refractivity contribution in [2.24, 2.45) is 17.8 Å². The van der Waals surface area contributed by atoms with Gasteiger partial charge in [0.25, 0.3) is 0 Å². The molecular weight excluding hydrogens is 288 g/mol. The summed E-state index contributed by atoms with van der Waals surface area (Å²) in [7, 11) is 0. The molecule has 0 saturated heterocycles. The topological polar surface area (TPSA) is 93.1 Å². The number of carboxylic acid groups (broad SMARTS) is 2. The SMILES string of the molecule is O=C(O)C1CCC(OCOCC2CCCCC2)CC1C(=O)O. The van der Waals surface area contributed by atoms with Gasteiger partial charge in [-0.05, 0) is 38.0 Å². The summed E-state index contributed by atoms with van der Waals surface area (Å²) < 4.78 is 11.2. The van der Waals surface area contributed by atoms with Gasteiger partial charge in [-0.3, -0.25) is 9.59 Å². The molecule has 2 N–H and O–H groups in total. The molecule has 2 rings (SSSR count). The van der Waals surface area contributed by atoms with Crippen LogP contribution in [0.15, 0.2) is 0 Å². The third-order valence-corrected chi connectivity index (χ3v) is 4.90. The summed E-state index contributed by atoms with van der Waals surface area (Å²) in [6, 6.07) is 0. The number of hydrogen-bond donors (Lipinski definition) is 2. The minimum absolute atomic E-state index is 0.172. The molecule has 0 spiro atoms. The van der Waals surface area contributed by atoms with Crippen molar-refractivity contribution in [1.29, 1.82) is 0 Å². The predicted molar refractivity (Wildman–Crippen MR) is 78.4 cm³/mol. The number of rotatable bonds is 7. The Hall–Kier alpha value is -1.14. The van der Waals surface area contributed by atoms with Crippen molar-refractivity contribution in [1.82, 2.24) is 0 Å². The molecule has 2 fully saturated rings. The molecular formula is C16H26O6. The van der Waals surface area contributed by atoms with Crippen molar-refractivity contribution in [3.8, 4) is 0 Å². The molecule has 0 aliphatic heterocycles. The highest BCUT2D eigenvalue weighted by Crippen LogP contribution is 2.32. The smallest absolute Gasteiger partial charge is 0.307 e. The first-order chi connectivity index (χ1) is 10.6. The Balaban J connectivity index is 1.67. The zero-order valence-corrected chi connectivity index (χ0v) is 12.9. The van der Waals surface area contributed by atoms with Crippen molar-refractivity contribution in [2.45, 2.75) is 57.5 Å². The van der Waals surface area contributed by atoms with E-state index in [1.54, 1.807) is 0 Å². The fourth-order valence-corrected chi connectivity index (χ4v) is 3.56. The lowest BCUT2D eigenvalue weighted by Gasteiger charge is -2.31. The second-order valence-electron chi connectivity index (χ2n) is 6.48. The Labute approximate surface area is 130 Å². The second kappa shape index (κ2) is 8.48. The minimum atomic E-state index is -1.05. The van der Waals surface area contributed by atoms with Crippen LogP contribution in [-0.4, -0.2) is 41.7 Å². The van der Waals surface area contributed by atoms with Crippen LogP contribution in [0.3, 0.4) is 0 Å². The highest BCUT2D eigenvalue weighted by Gasteiger charge is 2.39. The standard InChI is InChI=1S/C16H26O6/c17-15(18)13-7-6-12(8-14(13)16(19)20)22-10-21-9-11-4-2-1-3-5-11/h11-14H,1-10H2,(H,17,18)(H,19,20). The maximum atomic E-state index is 11.2. The summed E-state index contributed by atoms with van der Waals surface area (Å²) in [6.07, 6.45) is 7.24. The van der Waals surface area contributed by atoms with Gasteiger partial charge in [-0.2, -0.15) is 0 Å². The van der Waals surface area contributed by atoms with Crippen molar-refractivity contribution in [3.63, 3.8) is 0 Å². The van der Waals surface area contributed by atoms with Crippen LogP contribution < -0.4 is 0 Å². The summed E-state index contributed by atoms with van der Waals surface area (Å²) >= 11 is 0. The zero-order valence-electron chi connectivity index (χ0n) is 12.9. The lowest BCUT2D eigenvalue weighted by molar-refractivity contribution is -0.163. The van der Waals surface area contributed by atoms with Crippen LogP contribution in [0.25, 0.3) is 0 Å². The predicted octanol–water partition coefficient (Wildman–Crippen LogP) is 2.51. The molecule has 0 bridgehead atoms. The average molecular weight is 314 g/mol. The first-order valence-electron chi connectivity index (χ1n) is 8.23. The maximum absolute atomic E-state index is 11.2. The van der Waals surface area contributed by atoms with Gasteiger partial charge < -0.3 is 19.7 Å². The third-order valence-electron chi connectivity index (χ3n) is 4.90. The quantitative estimate of drug-likeness (QED) is 0.554. The van der Waals surface area contributed by atoms with Gasteiger partial charge in [-0.1, -0.05) is 19.3 Å². The first-order valence-corrected chi connectivity index (χ1v) is 8.23. The lowest BCUT2D eigenvalue weighted by atomic mass is 9.78. The molecule has 2 aliphatic rings. The molecule has 6 heteroatoms. The van der Waals surface area contributed by atoms with E-state index < -0.39 is 23.8 Å². The molecule has 0 amide bonds. The molecule has 3 atom stereocenters. The van der Waals surface area contributed by atoms with Crippen LogP contribution in [0.4, 0.5) is 0 Å². The Kier molecular flexibility index (Phi) is 6.64. The van der Waals surface area contributed by atoms with Crippen LogP contribution in [0.2, 0.25) is 0 Å². The van der Waals surface area contributed by atoms with Gasteiger partial charge in [-0.15, -0.1) is 0 Å². The van der Waals surface area contributed by atoms with Crippen LogP contribution in [0, 0.1) is 17.8 Å². The van der Waals surface area contributed by atoms with E-state index in [1.807, 2.05) is 0 Å². The van der Waals surface area contributed by atoms with E-state index in [1.165, 1.54) is 32.1 Å². The molecule has 0 aromatic carbocycles. The highest BCUT2D eigenvalue weighted by molar-refractivity contribution is 5.80. The van der Waals surface area contributed by atoms with Crippen molar-refractivity contribution < 1.29 is 29.3 Å². The molecule has 0 aromatic heterocycles. The lowest BCUT2D eigenvalue weighted by Crippen LogP contribution is -2.38. The van der Waals surface area contributed by atoms with Crippen molar-refractivity contribution in [3.05, 3.63) is 0 Å². The van der Waals surface area contributed by atoms with E-state index in [-0.39, 0.29) is 19.3 Å². The summed E-state index contributed by atoms with van der Waals surface area (Å²) in [5.41, 5.74) is 0. The molecule has 6 nitrogen and oxygen atoms in total. The molecule has 0 heterocycles. The molecule has 22 heavy (non-hydrogen) atoms. The molecule has 3 unspecified atom stereocenters. The van der Waals surface area contributed by atoms with Crippen LogP contribution in [-0.2, 0) is 19.1 Å². The van der Waals surface area contributed by atoms with Crippen LogP contribution in [0.5, 0.6) is 0 Å². The van der Waals surface area contributed by atoms with Gasteiger partial charge in [0.2, 0.25) is 0 Å². The van der Waals surface area contributed by atoms with Crippen molar-refractivity contribution in [2.75, 3.05) is 13.4 Å². The number of carbonyl (C=O) groups is 2. The van der Waals surface area contributed by atoms with E-state index >= 15 is 0 Å². The summed E-state index contributed by atoms with van der Waals surface area (Å²) in [5, 5.41) is 18.2. The molecule has 126 valence electrons. The van der Waals surface area contributed by atoms with Crippen LogP contribution in [0.1, 0.15) is 51.4 Å². The Morgan fingerprint density at radius 3 is 2.23 bits per heavy atom. The number of aliphatic carboxylic acids is 2. The van der Waals surface area contributed by atoms with E-state index in [2.05, 4.69) is 0 Å². The van der Waals surface area contributed by atoms with Gasteiger partial charge in [0, 0.05) is 0 Å². The largest absolute Gasteiger partial charge is 0.481 e. The third kappa shape index (κ3) is 4.95. The minimum Gasteiger partial charge on any atom is -0.481 e. The van der Waals surface area contributed by atoms with E-state index in [0.717, 1.165) is 0 Å². The van der Waals surface area contributed by atoms with Gasteiger partial charge in [0.15, 0.2) is 0 Å². The van der Waals surface area contributed by atoms with Gasteiger partial charge in [-0.25, -0.2) is 0 Å². The fraction of sp³-hybridized carbons (Fsp3) is 0.875. The Morgan fingerprint density at radius 2 is 1.59 bits per heavy atom. The molecule has 0 aromatic rings. The monoisotopic (exact) mass is 314 g/mol. The van der Waals surface area contributed by atoms with Gasteiger partial charge >= 0.3 is 11.9 Å². The van der Waals surface area contributed by atoms with E-state index in [4.69, 9.17) is 19.7 Å². The molecule has 2 aliphatic carbocycles. The molecule has 2 saturated carbocycles. The zero-order chi connectivity index (χ0) is 15.9. The Morgan fingerprint density at radius 1 is 0.909 bits per heavy atom. The highest BCUT2D eigenvalue weighted by atomic mass is 16.7. The summed E-state index contributed by atoms with van der Waals surface area (Å²) in [5.74, 6) is -3.13. The fourth-order valence-electron chi connectivity index (χ4n) is 3.56. The number of hydrogen-bond acceptors (Lipinski definition) is 4. The summed E-state index contributed by atoms with van der Waals surface area (Å²) in [6.45, 7) is 0.873. The van der Waals surface area contributed by atoms with Crippen molar-refractivity contribution >= 4 is 11.9 Å². The normalized spacial score (nSPS) is 30.1. The number of carboxylic acids is 2. The van der Waals surface area contributed by atoms with Gasteiger partial charge in [0.05, 0.1) is 24.5 Å². The average Bonchev–Trinajstić information content (AvgIpc) is 2.52. The van der Waals surface area contributed by atoms with E-state index in [9.17, 15) is 9.59 Å². The van der Waals surface area contributed by atoms with Crippen LogP contribution >= 0.6 is 0 Å². The maximum Gasteiger partial charge on any atom is 0.307 e. The number of ether oxygens (including phenoxy) is 2. The van der Waals surface area contributed by atoms with Gasteiger partial charge in [0.1, 0.15) is 6.79 Å². The Bertz CT molecular complexity index is 377. The molecule has 0 radical (unpaired) electrons. The summed E-state index contributed by atoms with van der Waals surface area (Å²) in [4.78, 5) is 22.3. The van der Waals surface area contributed by atoms with E-state index in [0.29, 0.717) is 25.4 Å². The second-order valence-corrected chi connectivity index (χ2v) is 6.48.